The largest absolute Gasteiger partial charge is 0.464 e. The third-order valence-corrected chi connectivity index (χ3v) is 3.25. The Balaban J connectivity index is 1.69. The van der Waals surface area contributed by atoms with Gasteiger partial charge >= 0.3 is 0 Å². The standard InChI is InChI=1S/C13H16N2O/c14-13(5-6-13)9-15-7-10-8-16-12-4-2-1-3-11(10)12/h1-4,8,15H,5-7,9,14H2. The first-order chi connectivity index (χ1) is 7.77. The molecule has 3 N–H and O–H groups in total. The van der Waals surface area contributed by atoms with Gasteiger partial charge in [0.15, 0.2) is 0 Å². The maximum atomic E-state index is 6.01. The lowest BCUT2D eigenvalue weighted by Crippen LogP contribution is -2.35. The Morgan fingerprint density at radius 3 is 2.94 bits per heavy atom. The first kappa shape index (κ1) is 9.87. The fourth-order valence-electron chi connectivity index (χ4n) is 1.95. The van der Waals surface area contributed by atoms with E-state index in [4.69, 9.17) is 10.2 Å². The molecule has 0 unspecified atom stereocenters. The second-order valence-electron chi connectivity index (χ2n) is 4.72. The normalized spacial score (nSPS) is 17.8. The van der Waals surface area contributed by atoms with Gasteiger partial charge in [-0.2, -0.15) is 0 Å². The summed E-state index contributed by atoms with van der Waals surface area (Å²) in [6.07, 6.45) is 4.12. The minimum Gasteiger partial charge on any atom is -0.464 e. The van der Waals surface area contributed by atoms with Gasteiger partial charge in [0.05, 0.1) is 6.26 Å². The molecule has 0 spiro atoms. The van der Waals surface area contributed by atoms with Crippen molar-refractivity contribution in [1.29, 1.82) is 0 Å². The second kappa shape index (κ2) is 3.61. The number of nitrogens with two attached hydrogens (primary N) is 1. The summed E-state index contributed by atoms with van der Waals surface area (Å²) in [5.74, 6) is 0. The molecule has 0 amide bonds. The average Bonchev–Trinajstić information content (AvgIpc) is 2.89. The lowest BCUT2D eigenvalue weighted by Gasteiger charge is -2.09. The summed E-state index contributed by atoms with van der Waals surface area (Å²) >= 11 is 0. The molecule has 3 nitrogen and oxygen atoms in total. The number of hydrogen-bond donors (Lipinski definition) is 2. The van der Waals surface area contributed by atoms with E-state index in [-0.39, 0.29) is 5.54 Å². The summed E-state index contributed by atoms with van der Waals surface area (Å²) in [5.41, 5.74) is 8.24. The number of nitrogens with one attached hydrogen (secondary N) is 1. The number of furan rings is 1. The Labute approximate surface area is 94.6 Å². The van der Waals surface area contributed by atoms with Crippen molar-refractivity contribution in [2.24, 2.45) is 5.73 Å². The Hall–Kier alpha value is -1.32. The van der Waals surface area contributed by atoms with Gasteiger partial charge in [-0.05, 0) is 18.9 Å². The van der Waals surface area contributed by atoms with Crippen molar-refractivity contribution >= 4 is 11.0 Å². The molecule has 16 heavy (non-hydrogen) atoms. The molecule has 0 bridgehead atoms. The maximum absolute atomic E-state index is 6.01. The van der Waals surface area contributed by atoms with Gasteiger partial charge in [-0.15, -0.1) is 0 Å². The van der Waals surface area contributed by atoms with Gasteiger partial charge in [0, 0.05) is 29.6 Å². The van der Waals surface area contributed by atoms with Gasteiger partial charge in [0.2, 0.25) is 0 Å². The number of para-hydroxylation sites is 1. The van der Waals surface area contributed by atoms with Gasteiger partial charge in [-0.25, -0.2) is 0 Å². The van der Waals surface area contributed by atoms with Gasteiger partial charge in [0.25, 0.3) is 0 Å². The molecule has 3 rings (SSSR count). The topological polar surface area (TPSA) is 51.2 Å². The van der Waals surface area contributed by atoms with E-state index in [0.717, 1.165) is 31.5 Å². The monoisotopic (exact) mass is 216 g/mol. The van der Waals surface area contributed by atoms with E-state index < -0.39 is 0 Å². The van der Waals surface area contributed by atoms with Gasteiger partial charge in [-0.1, -0.05) is 18.2 Å². The van der Waals surface area contributed by atoms with Crippen LogP contribution >= 0.6 is 0 Å². The molecule has 84 valence electrons. The molecule has 0 saturated heterocycles. The fraction of sp³-hybridized carbons (Fsp3) is 0.385. The summed E-state index contributed by atoms with van der Waals surface area (Å²) in [6, 6.07) is 8.10. The van der Waals surface area contributed by atoms with Crippen LogP contribution < -0.4 is 11.1 Å². The van der Waals surface area contributed by atoms with E-state index in [9.17, 15) is 0 Å². The maximum Gasteiger partial charge on any atom is 0.134 e. The minimum absolute atomic E-state index is 0.0690. The lowest BCUT2D eigenvalue weighted by molar-refractivity contribution is 0.561. The second-order valence-corrected chi connectivity index (χ2v) is 4.72. The number of fused-ring (bicyclic) bond motifs is 1. The molecular weight excluding hydrogens is 200 g/mol. The predicted molar refractivity (Wildman–Crippen MR) is 64.1 cm³/mol. The van der Waals surface area contributed by atoms with E-state index in [0.29, 0.717) is 0 Å². The molecule has 2 aromatic rings. The molecule has 0 radical (unpaired) electrons. The Morgan fingerprint density at radius 2 is 2.12 bits per heavy atom. The highest BCUT2D eigenvalue weighted by Crippen LogP contribution is 2.31. The van der Waals surface area contributed by atoms with Crippen LogP contribution in [-0.2, 0) is 6.54 Å². The Kier molecular flexibility index (Phi) is 2.23. The van der Waals surface area contributed by atoms with Gasteiger partial charge in [0.1, 0.15) is 5.58 Å². The summed E-state index contributed by atoms with van der Waals surface area (Å²) < 4.78 is 5.48. The molecule has 3 heteroatoms. The van der Waals surface area contributed by atoms with E-state index >= 15 is 0 Å². The van der Waals surface area contributed by atoms with Crippen molar-refractivity contribution in [2.75, 3.05) is 6.54 Å². The number of benzene rings is 1. The molecule has 1 aromatic heterocycles. The third-order valence-electron chi connectivity index (χ3n) is 3.25. The first-order valence-corrected chi connectivity index (χ1v) is 5.72. The van der Waals surface area contributed by atoms with Gasteiger partial charge in [-0.3, -0.25) is 0 Å². The van der Waals surface area contributed by atoms with Crippen LogP contribution in [-0.4, -0.2) is 12.1 Å². The van der Waals surface area contributed by atoms with Gasteiger partial charge < -0.3 is 15.5 Å². The first-order valence-electron chi connectivity index (χ1n) is 5.72. The van der Waals surface area contributed by atoms with Crippen LogP contribution in [0.3, 0.4) is 0 Å². The molecule has 1 aromatic carbocycles. The number of rotatable bonds is 4. The molecule has 1 heterocycles. The molecule has 0 aliphatic heterocycles. The smallest absolute Gasteiger partial charge is 0.134 e. The molecule has 1 aliphatic carbocycles. The average molecular weight is 216 g/mol. The minimum atomic E-state index is 0.0690. The van der Waals surface area contributed by atoms with E-state index in [1.807, 2.05) is 24.5 Å². The SMILES string of the molecule is NC1(CNCc2coc3ccccc23)CC1. The van der Waals surface area contributed by atoms with Crippen LogP contribution in [0.5, 0.6) is 0 Å². The van der Waals surface area contributed by atoms with Crippen LogP contribution in [0.2, 0.25) is 0 Å². The fourth-order valence-corrected chi connectivity index (χ4v) is 1.95. The highest BCUT2D eigenvalue weighted by Gasteiger charge is 2.37. The zero-order valence-electron chi connectivity index (χ0n) is 9.20. The van der Waals surface area contributed by atoms with Crippen LogP contribution in [0.15, 0.2) is 34.9 Å². The summed E-state index contributed by atoms with van der Waals surface area (Å²) in [4.78, 5) is 0. The molecule has 1 aliphatic rings. The van der Waals surface area contributed by atoms with Crippen molar-refractivity contribution in [2.45, 2.75) is 24.9 Å². The highest BCUT2D eigenvalue weighted by molar-refractivity contribution is 5.80. The van der Waals surface area contributed by atoms with Crippen molar-refractivity contribution in [3.63, 3.8) is 0 Å². The molecule has 1 fully saturated rings. The summed E-state index contributed by atoms with van der Waals surface area (Å²) in [7, 11) is 0. The van der Waals surface area contributed by atoms with E-state index in [1.54, 1.807) is 0 Å². The molecular formula is C13H16N2O. The van der Waals surface area contributed by atoms with E-state index in [1.165, 1.54) is 10.9 Å². The third kappa shape index (κ3) is 1.84. The molecule has 1 saturated carbocycles. The number of hydrogen-bond acceptors (Lipinski definition) is 3. The lowest BCUT2D eigenvalue weighted by atomic mass is 10.2. The zero-order chi connectivity index (χ0) is 11.0. The summed E-state index contributed by atoms with van der Waals surface area (Å²) in [6.45, 7) is 1.72. The Bertz CT molecular complexity index is 499. The highest BCUT2D eigenvalue weighted by atomic mass is 16.3. The quantitative estimate of drug-likeness (QED) is 0.822. The van der Waals surface area contributed by atoms with Crippen molar-refractivity contribution in [3.05, 3.63) is 36.1 Å². The van der Waals surface area contributed by atoms with Crippen molar-refractivity contribution < 1.29 is 4.42 Å². The molecule has 0 atom stereocenters. The van der Waals surface area contributed by atoms with Crippen LogP contribution in [0.1, 0.15) is 18.4 Å². The van der Waals surface area contributed by atoms with Crippen molar-refractivity contribution in [1.82, 2.24) is 5.32 Å². The Morgan fingerprint density at radius 1 is 1.31 bits per heavy atom. The van der Waals surface area contributed by atoms with Crippen LogP contribution in [0, 0.1) is 0 Å². The van der Waals surface area contributed by atoms with Crippen LogP contribution in [0.4, 0.5) is 0 Å². The van der Waals surface area contributed by atoms with Crippen LogP contribution in [0.25, 0.3) is 11.0 Å². The summed E-state index contributed by atoms with van der Waals surface area (Å²) in [5, 5.41) is 4.59. The predicted octanol–water partition coefficient (Wildman–Crippen LogP) is 2.01. The zero-order valence-corrected chi connectivity index (χ0v) is 9.20. The van der Waals surface area contributed by atoms with Crippen molar-refractivity contribution in [3.8, 4) is 0 Å². The van der Waals surface area contributed by atoms with E-state index in [2.05, 4.69) is 11.4 Å².